The van der Waals surface area contributed by atoms with Gasteiger partial charge in [0.2, 0.25) is 5.95 Å². The molecule has 6 nitrogen and oxygen atoms in total. The molecule has 0 bridgehead atoms. The number of fused-ring (bicyclic) bond motifs is 1. The summed E-state index contributed by atoms with van der Waals surface area (Å²) in [6, 6.07) is 3.78. The maximum Gasteiger partial charge on any atom is 0.227 e. The van der Waals surface area contributed by atoms with E-state index in [2.05, 4.69) is 21.4 Å². The van der Waals surface area contributed by atoms with Gasteiger partial charge in [0.05, 0.1) is 16.9 Å². The average molecular weight is 300 g/mol. The second-order valence-electron chi connectivity index (χ2n) is 4.76. The number of carbonyl (C=O) groups excluding carboxylic acids is 1. The first kappa shape index (κ1) is 13.7. The fourth-order valence-electron chi connectivity index (χ4n) is 2.24. The number of hydrogen-bond donors (Lipinski definition) is 2. The van der Waals surface area contributed by atoms with Crippen molar-refractivity contribution >= 4 is 28.8 Å². The topological polar surface area (TPSA) is 98.9 Å². The Balaban J connectivity index is 1.87. The molecule has 7 heteroatoms. The van der Waals surface area contributed by atoms with Crippen LogP contribution in [0.15, 0.2) is 17.6 Å². The summed E-state index contributed by atoms with van der Waals surface area (Å²) < 4.78 is 0. The molecule has 0 saturated carbocycles. The predicted octanol–water partition coefficient (Wildman–Crippen LogP) is 2.03. The molecule has 2 heterocycles. The lowest BCUT2D eigenvalue weighted by atomic mass is 10.1. The van der Waals surface area contributed by atoms with Gasteiger partial charge >= 0.3 is 0 Å². The fourth-order valence-corrected chi connectivity index (χ4v) is 2.87. The number of nitrogens with zero attached hydrogens (tertiary/aromatic N) is 3. The lowest BCUT2D eigenvalue weighted by Crippen LogP contribution is -2.19. The number of aryl methyl sites for hydroxylation is 1. The van der Waals surface area contributed by atoms with Crippen molar-refractivity contribution in [3.05, 3.63) is 33.8 Å². The molecule has 0 spiro atoms. The normalized spacial score (nSPS) is 17.7. The van der Waals surface area contributed by atoms with Gasteiger partial charge in [0, 0.05) is 11.6 Å². The summed E-state index contributed by atoms with van der Waals surface area (Å²) in [5, 5.41) is 23.3. The first-order chi connectivity index (χ1) is 10.2. The van der Waals surface area contributed by atoms with Crippen LogP contribution in [0.3, 0.4) is 0 Å². The second kappa shape index (κ2) is 5.60. The molecular formula is C14H12N4O2S. The Hall–Kier alpha value is -2.30. The number of nitrogens with one attached hydrogen (secondary N) is 1. The van der Waals surface area contributed by atoms with Crippen LogP contribution in [0.4, 0.5) is 11.6 Å². The van der Waals surface area contributed by atoms with Crippen LogP contribution >= 0.6 is 11.3 Å². The summed E-state index contributed by atoms with van der Waals surface area (Å²) in [6.45, 7) is 0. The number of thiophene rings is 1. The van der Waals surface area contributed by atoms with Crippen LogP contribution in [0.1, 0.15) is 33.8 Å². The van der Waals surface area contributed by atoms with Crippen molar-refractivity contribution in [1.82, 2.24) is 9.97 Å². The zero-order valence-electron chi connectivity index (χ0n) is 11.0. The molecule has 2 aromatic rings. The minimum atomic E-state index is -0.955. The van der Waals surface area contributed by atoms with E-state index >= 15 is 0 Å². The minimum Gasteiger partial charge on any atom is -0.385 e. The molecule has 0 aliphatic heterocycles. The molecule has 21 heavy (non-hydrogen) atoms. The van der Waals surface area contributed by atoms with Crippen LogP contribution in [0.2, 0.25) is 0 Å². The fraction of sp³-hybridized carbons (Fsp3) is 0.286. The highest BCUT2D eigenvalue weighted by Crippen LogP contribution is 2.23. The standard InChI is InChI=1S/C14H12N4O2S/c15-5-9-4-8(7-21-9)17-14-16-6-10-11(18-14)2-1-3-12(19)13(10)20/h4,6-7,12,19H,1-3H2,(H,16,17,18). The largest absolute Gasteiger partial charge is 0.385 e. The third-order valence-corrected chi connectivity index (χ3v) is 4.13. The Morgan fingerprint density at radius 3 is 3.14 bits per heavy atom. The molecule has 0 fully saturated rings. The first-order valence-electron chi connectivity index (χ1n) is 6.51. The van der Waals surface area contributed by atoms with Crippen molar-refractivity contribution < 1.29 is 9.90 Å². The number of aliphatic hydroxyl groups excluding tert-OH is 1. The number of Topliss-reactive ketones (excluding diaryl/α,β-unsaturated/α-hetero) is 1. The third kappa shape index (κ3) is 2.77. The molecule has 0 saturated heterocycles. The molecule has 2 aromatic heterocycles. The summed E-state index contributed by atoms with van der Waals surface area (Å²) in [6.07, 6.45) is 2.31. The van der Waals surface area contributed by atoms with Crippen molar-refractivity contribution in [3.63, 3.8) is 0 Å². The minimum absolute atomic E-state index is 0.309. The number of aromatic nitrogens is 2. The molecule has 106 valence electrons. The number of anilines is 2. The Labute approximate surface area is 125 Å². The molecule has 1 unspecified atom stereocenters. The molecule has 1 aliphatic rings. The predicted molar refractivity (Wildman–Crippen MR) is 77.6 cm³/mol. The monoisotopic (exact) mass is 300 g/mol. The van der Waals surface area contributed by atoms with E-state index in [9.17, 15) is 9.90 Å². The Kier molecular flexibility index (Phi) is 3.64. The molecule has 2 N–H and O–H groups in total. The third-order valence-electron chi connectivity index (χ3n) is 3.29. The van der Waals surface area contributed by atoms with Gasteiger partial charge in [-0.25, -0.2) is 9.97 Å². The lowest BCUT2D eigenvalue weighted by molar-refractivity contribution is 0.0734. The Morgan fingerprint density at radius 2 is 2.38 bits per heavy atom. The number of hydrogen-bond acceptors (Lipinski definition) is 7. The van der Waals surface area contributed by atoms with Gasteiger partial charge in [-0.1, -0.05) is 0 Å². The lowest BCUT2D eigenvalue weighted by Gasteiger charge is -2.08. The van der Waals surface area contributed by atoms with E-state index in [1.54, 1.807) is 6.07 Å². The van der Waals surface area contributed by atoms with Crippen LogP contribution in [0.25, 0.3) is 0 Å². The van der Waals surface area contributed by atoms with Crippen molar-refractivity contribution in [2.24, 2.45) is 0 Å². The van der Waals surface area contributed by atoms with E-state index in [0.29, 0.717) is 41.3 Å². The molecule has 0 aromatic carbocycles. The van der Waals surface area contributed by atoms with Crippen molar-refractivity contribution in [1.29, 1.82) is 5.26 Å². The number of rotatable bonds is 2. The first-order valence-corrected chi connectivity index (χ1v) is 7.39. The zero-order chi connectivity index (χ0) is 14.8. The summed E-state index contributed by atoms with van der Waals surface area (Å²) in [5.74, 6) is 0.0802. The quantitative estimate of drug-likeness (QED) is 0.823. The van der Waals surface area contributed by atoms with Crippen LogP contribution in [0, 0.1) is 11.3 Å². The highest BCUT2D eigenvalue weighted by atomic mass is 32.1. The average Bonchev–Trinajstić information content (AvgIpc) is 2.89. The highest BCUT2D eigenvalue weighted by molar-refractivity contribution is 7.11. The summed E-state index contributed by atoms with van der Waals surface area (Å²) in [5.41, 5.74) is 1.80. The van der Waals surface area contributed by atoms with Crippen LogP contribution < -0.4 is 5.32 Å². The van der Waals surface area contributed by atoms with Gasteiger partial charge in [0.15, 0.2) is 5.78 Å². The van der Waals surface area contributed by atoms with E-state index in [4.69, 9.17) is 5.26 Å². The molecule has 0 amide bonds. The maximum atomic E-state index is 12.0. The number of ketones is 1. The van der Waals surface area contributed by atoms with Crippen LogP contribution in [0.5, 0.6) is 0 Å². The number of nitriles is 1. The number of aliphatic hydroxyl groups is 1. The zero-order valence-corrected chi connectivity index (χ0v) is 11.9. The molecule has 3 rings (SSSR count). The van der Waals surface area contributed by atoms with Crippen LogP contribution in [-0.2, 0) is 6.42 Å². The van der Waals surface area contributed by atoms with Gasteiger partial charge in [-0.15, -0.1) is 11.3 Å². The maximum absolute atomic E-state index is 12.0. The van der Waals surface area contributed by atoms with Gasteiger partial charge < -0.3 is 10.4 Å². The second-order valence-corrected chi connectivity index (χ2v) is 5.67. The molecule has 1 atom stereocenters. The van der Waals surface area contributed by atoms with Gasteiger partial charge in [0.25, 0.3) is 0 Å². The highest BCUT2D eigenvalue weighted by Gasteiger charge is 2.25. The van der Waals surface area contributed by atoms with Gasteiger partial charge in [-0.3, -0.25) is 4.79 Å². The summed E-state index contributed by atoms with van der Waals surface area (Å²) in [4.78, 5) is 21.0. The van der Waals surface area contributed by atoms with Crippen molar-refractivity contribution in [3.8, 4) is 6.07 Å². The van der Waals surface area contributed by atoms with Gasteiger partial charge in [-0.2, -0.15) is 5.26 Å². The summed E-state index contributed by atoms with van der Waals surface area (Å²) >= 11 is 1.34. The van der Waals surface area contributed by atoms with Crippen molar-refractivity contribution in [2.75, 3.05) is 5.32 Å². The van der Waals surface area contributed by atoms with E-state index in [-0.39, 0.29) is 5.78 Å². The smallest absolute Gasteiger partial charge is 0.227 e. The SMILES string of the molecule is N#Cc1cc(Nc2ncc3c(n2)CCCC(O)C3=O)cs1. The van der Waals surface area contributed by atoms with Crippen molar-refractivity contribution in [2.45, 2.75) is 25.4 Å². The Morgan fingerprint density at radius 1 is 1.52 bits per heavy atom. The summed E-state index contributed by atoms with van der Waals surface area (Å²) in [7, 11) is 0. The molecular weight excluding hydrogens is 288 g/mol. The van der Waals surface area contributed by atoms with Gasteiger partial charge in [-0.05, 0) is 25.3 Å². The molecule has 0 radical (unpaired) electrons. The van der Waals surface area contributed by atoms with Gasteiger partial charge in [0.1, 0.15) is 17.1 Å². The van der Waals surface area contributed by atoms with E-state index in [1.807, 2.05) is 5.38 Å². The van der Waals surface area contributed by atoms with E-state index < -0.39 is 6.10 Å². The number of carbonyl (C=O) groups is 1. The Bertz CT molecular complexity index is 735. The van der Waals surface area contributed by atoms with E-state index in [1.165, 1.54) is 17.5 Å². The van der Waals surface area contributed by atoms with Crippen LogP contribution in [-0.4, -0.2) is 27.0 Å². The molecule has 1 aliphatic carbocycles. The van der Waals surface area contributed by atoms with E-state index in [0.717, 1.165) is 5.69 Å².